The number of ether oxygens (including phenoxy) is 1. The van der Waals surface area contributed by atoms with Crippen LogP contribution in [0, 0.1) is 5.92 Å². The van der Waals surface area contributed by atoms with Crippen molar-refractivity contribution >= 4 is 0 Å². The Bertz CT molecular complexity index is 696. The van der Waals surface area contributed by atoms with Crippen LogP contribution in [0.15, 0.2) is 24.4 Å². The summed E-state index contributed by atoms with van der Waals surface area (Å²) in [6.07, 6.45) is 5.41. The second-order valence-corrected chi connectivity index (χ2v) is 7.45. The number of rotatable bonds is 6. The Hall–Kier alpha value is -2.01. The van der Waals surface area contributed by atoms with Gasteiger partial charge in [-0.1, -0.05) is 26.0 Å². The van der Waals surface area contributed by atoms with Crippen LogP contribution in [-0.4, -0.2) is 40.4 Å². The molecule has 0 bridgehead atoms. The average Bonchev–Trinajstić information content (AvgIpc) is 3.04. The molecular formula is C20H29N3O2. The highest BCUT2D eigenvalue weighted by atomic mass is 16.5. The average molecular weight is 343 g/mol. The van der Waals surface area contributed by atoms with Gasteiger partial charge in [-0.15, -0.1) is 0 Å². The van der Waals surface area contributed by atoms with Crippen LogP contribution in [0.4, 0.5) is 0 Å². The maximum absolute atomic E-state index is 10.3. The topological polar surface area (TPSA) is 61.4 Å². The van der Waals surface area contributed by atoms with Crippen molar-refractivity contribution in [2.24, 2.45) is 5.92 Å². The summed E-state index contributed by atoms with van der Waals surface area (Å²) in [4.78, 5) is 2.42. The number of hydrogen-bond acceptors (Lipinski definition) is 4. The van der Waals surface area contributed by atoms with E-state index >= 15 is 0 Å². The Kier molecular flexibility index (Phi) is 5.63. The van der Waals surface area contributed by atoms with Gasteiger partial charge < -0.3 is 9.84 Å². The summed E-state index contributed by atoms with van der Waals surface area (Å²) in [6.45, 7) is 7.28. The van der Waals surface area contributed by atoms with Crippen LogP contribution in [0.25, 0.3) is 0 Å². The van der Waals surface area contributed by atoms with E-state index in [4.69, 9.17) is 4.74 Å². The van der Waals surface area contributed by atoms with E-state index in [1.807, 2.05) is 18.3 Å². The van der Waals surface area contributed by atoms with Crippen molar-refractivity contribution < 1.29 is 9.84 Å². The van der Waals surface area contributed by atoms with Gasteiger partial charge in [-0.3, -0.25) is 10.00 Å². The maximum atomic E-state index is 10.3. The van der Waals surface area contributed by atoms with E-state index in [1.165, 1.54) is 17.7 Å². The number of aromatic amines is 1. The molecule has 0 radical (unpaired) electrons. The van der Waals surface area contributed by atoms with E-state index in [9.17, 15) is 5.11 Å². The van der Waals surface area contributed by atoms with Crippen LogP contribution in [0.5, 0.6) is 11.5 Å². The van der Waals surface area contributed by atoms with Gasteiger partial charge in [-0.2, -0.15) is 5.10 Å². The van der Waals surface area contributed by atoms with Gasteiger partial charge in [-0.25, -0.2) is 0 Å². The predicted molar refractivity (Wildman–Crippen MR) is 99.0 cm³/mol. The monoisotopic (exact) mass is 343 g/mol. The maximum Gasteiger partial charge on any atom is 0.162 e. The normalized spacial score (nSPS) is 18.6. The van der Waals surface area contributed by atoms with E-state index in [2.05, 4.69) is 28.9 Å². The van der Waals surface area contributed by atoms with E-state index in [-0.39, 0.29) is 5.75 Å². The Labute approximate surface area is 150 Å². The molecule has 0 spiro atoms. The largest absolute Gasteiger partial charge is 0.504 e. The molecule has 25 heavy (non-hydrogen) atoms. The van der Waals surface area contributed by atoms with Crippen LogP contribution in [0.3, 0.4) is 0 Å². The minimum Gasteiger partial charge on any atom is -0.504 e. The molecule has 2 heterocycles. The fraction of sp³-hybridized carbons (Fsp3) is 0.550. The third-order valence-corrected chi connectivity index (χ3v) is 4.99. The Morgan fingerprint density at radius 1 is 1.36 bits per heavy atom. The Balaban J connectivity index is 1.71. The molecule has 0 amide bonds. The SMILES string of the molecule is COc1cccc(CN2CCCC(c3[nH]ncc3CC(C)C)C2)c1O. The summed E-state index contributed by atoms with van der Waals surface area (Å²) in [6, 6.07) is 5.70. The molecule has 1 aromatic heterocycles. The van der Waals surface area contributed by atoms with Crippen molar-refractivity contribution in [1.82, 2.24) is 15.1 Å². The first-order valence-electron chi connectivity index (χ1n) is 9.17. The molecular weight excluding hydrogens is 314 g/mol. The molecule has 1 saturated heterocycles. The molecule has 136 valence electrons. The molecule has 3 rings (SSSR count). The number of para-hydroxylation sites is 1. The number of H-pyrrole nitrogens is 1. The Morgan fingerprint density at radius 3 is 2.96 bits per heavy atom. The molecule has 1 aliphatic rings. The van der Waals surface area contributed by atoms with Gasteiger partial charge in [0.15, 0.2) is 11.5 Å². The van der Waals surface area contributed by atoms with Gasteiger partial charge in [0.25, 0.3) is 0 Å². The quantitative estimate of drug-likeness (QED) is 0.839. The summed E-state index contributed by atoms with van der Waals surface area (Å²) in [5.41, 5.74) is 3.58. The van der Waals surface area contributed by atoms with E-state index < -0.39 is 0 Å². The predicted octanol–water partition coefficient (Wildman–Crippen LogP) is 3.70. The van der Waals surface area contributed by atoms with Crippen LogP contribution in [-0.2, 0) is 13.0 Å². The molecule has 5 nitrogen and oxygen atoms in total. The lowest BCUT2D eigenvalue weighted by Gasteiger charge is -2.33. The number of nitrogens with zero attached hydrogens (tertiary/aromatic N) is 2. The highest BCUT2D eigenvalue weighted by Gasteiger charge is 2.25. The minimum absolute atomic E-state index is 0.258. The van der Waals surface area contributed by atoms with Crippen molar-refractivity contribution in [1.29, 1.82) is 0 Å². The first kappa shape index (κ1) is 17.8. The number of piperidine rings is 1. The molecule has 1 aliphatic heterocycles. The fourth-order valence-electron chi connectivity index (χ4n) is 3.81. The Morgan fingerprint density at radius 2 is 2.20 bits per heavy atom. The van der Waals surface area contributed by atoms with E-state index in [0.717, 1.165) is 38.0 Å². The summed E-state index contributed by atoms with van der Waals surface area (Å²) >= 11 is 0. The number of phenols is 1. The van der Waals surface area contributed by atoms with E-state index in [1.54, 1.807) is 13.2 Å². The molecule has 0 saturated carbocycles. The van der Waals surface area contributed by atoms with Crippen molar-refractivity contribution in [3.05, 3.63) is 41.2 Å². The summed E-state index contributed by atoms with van der Waals surface area (Å²) in [7, 11) is 1.59. The van der Waals surface area contributed by atoms with Crippen molar-refractivity contribution in [3.63, 3.8) is 0 Å². The van der Waals surface area contributed by atoms with Crippen LogP contribution >= 0.6 is 0 Å². The standard InChI is InChI=1S/C20H29N3O2/c1-14(2)10-17-11-21-22-19(17)15-7-5-9-23(12-15)13-16-6-4-8-18(25-3)20(16)24/h4,6,8,11,14-15,24H,5,7,9-10,12-13H2,1-3H3,(H,21,22). The van der Waals surface area contributed by atoms with Gasteiger partial charge in [0.05, 0.1) is 13.3 Å². The highest BCUT2D eigenvalue weighted by Crippen LogP contribution is 2.33. The van der Waals surface area contributed by atoms with Crippen molar-refractivity contribution in [2.75, 3.05) is 20.2 Å². The summed E-state index contributed by atoms with van der Waals surface area (Å²) in [5, 5.41) is 17.9. The van der Waals surface area contributed by atoms with Gasteiger partial charge >= 0.3 is 0 Å². The number of nitrogens with one attached hydrogen (secondary N) is 1. The van der Waals surface area contributed by atoms with Crippen molar-refractivity contribution in [2.45, 2.75) is 45.6 Å². The first-order valence-corrected chi connectivity index (χ1v) is 9.17. The van der Waals surface area contributed by atoms with Crippen LogP contribution in [0.1, 0.15) is 49.4 Å². The van der Waals surface area contributed by atoms with Gasteiger partial charge in [0.2, 0.25) is 0 Å². The number of methoxy groups -OCH3 is 1. The molecule has 1 atom stereocenters. The lowest BCUT2D eigenvalue weighted by Crippen LogP contribution is -2.34. The zero-order valence-corrected chi connectivity index (χ0v) is 15.5. The lowest BCUT2D eigenvalue weighted by atomic mass is 9.90. The van der Waals surface area contributed by atoms with Gasteiger partial charge in [-0.05, 0) is 43.4 Å². The number of likely N-dealkylation sites (tertiary alicyclic amines) is 1. The summed E-state index contributed by atoms with van der Waals surface area (Å²) in [5.74, 6) is 1.91. The number of aromatic nitrogens is 2. The molecule has 0 aliphatic carbocycles. The molecule has 2 aromatic rings. The highest BCUT2D eigenvalue weighted by molar-refractivity contribution is 5.45. The van der Waals surface area contributed by atoms with Crippen LogP contribution in [0.2, 0.25) is 0 Å². The molecule has 1 aromatic carbocycles. The molecule has 2 N–H and O–H groups in total. The first-order chi connectivity index (χ1) is 12.1. The number of aromatic hydroxyl groups is 1. The second kappa shape index (κ2) is 7.91. The number of phenolic OH excluding ortho intramolecular Hbond substituents is 1. The van der Waals surface area contributed by atoms with Crippen molar-refractivity contribution in [3.8, 4) is 11.5 Å². The second-order valence-electron chi connectivity index (χ2n) is 7.45. The zero-order valence-electron chi connectivity index (χ0n) is 15.5. The zero-order chi connectivity index (χ0) is 17.8. The van der Waals surface area contributed by atoms with Gasteiger partial charge in [0.1, 0.15) is 0 Å². The minimum atomic E-state index is 0.258. The molecule has 5 heteroatoms. The number of hydrogen-bond donors (Lipinski definition) is 2. The smallest absolute Gasteiger partial charge is 0.162 e. The van der Waals surface area contributed by atoms with Crippen LogP contribution < -0.4 is 4.74 Å². The molecule has 1 unspecified atom stereocenters. The third kappa shape index (κ3) is 4.15. The number of benzene rings is 1. The summed E-state index contributed by atoms with van der Waals surface area (Å²) < 4.78 is 5.23. The molecule has 1 fully saturated rings. The van der Waals surface area contributed by atoms with E-state index in [0.29, 0.717) is 17.6 Å². The fourth-order valence-corrected chi connectivity index (χ4v) is 3.81. The third-order valence-electron chi connectivity index (χ3n) is 4.99. The van der Waals surface area contributed by atoms with Gasteiger partial charge in [0, 0.05) is 30.3 Å². The lowest BCUT2D eigenvalue weighted by molar-refractivity contribution is 0.195.